The minimum atomic E-state index is -0.802. The molecule has 0 aliphatic carbocycles. The Kier molecular flexibility index (Phi) is 7.49. The lowest BCUT2D eigenvalue weighted by Crippen LogP contribution is -2.47. The molecule has 0 unspecified atom stereocenters. The number of hydrogen-bond donors (Lipinski definition) is 1. The van der Waals surface area contributed by atoms with Gasteiger partial charge in [0, 0.05) is 5.92 Å². The molecule has 0 heterocycles. The third-order valence-corrected chi connectivity index (χ3v) is 3.17. The number of ether oxygens (including phenoxy) is 2. The van der Waals surface area contributed by atoms with E-state index in [1.165, 1.54) is 0 Å². The van der Waals surface area contributed by atoms with E-state index in [1.54, 1.807) is 20.8 Å². The molecule has 1 aromatic carbocycles. The molecule has 2 atom stereocenters. The lowest BCUT2D eigenvalue weighted by molar-refractivity contribution is -0.158. The first-order chi connectivity index (χ1) is 11.2. The Labute approximate surface area is 144 Å². The van der Waals surface area contributed by atoms with Crippen LogP contribution < -0.4 is 5.32 Å². The van der Waals surface area contributed by atoms with E-state index >= 15 is 0 Å². The molecule has 0 bridgehead atoms. The van der Waals surface area contributed by atoms with Gasteiger partial charge in [0.15, 0.2) is 0 Å². The number of nitrogens with one attached hydrogen (secondary N) is 1. The van der Waals surface area contributed by atoms with Crippen LogP contribution in [0.15, 0.2) is 42.5 Å². The van der Waals surface area contributed by atoms with Crippen molar-refractivity contribution >= 4 is 12.1 Å². The number of rotatable bonds is 6. The second-order valence-electron chi connectivity index (χ2n) is 6.60. The largest absolute Gasteiger partial charge is 0.458 e. The van der Waals surface area contributed by atoms with Crippen molar-refractivity contribution in [1.29, 1.82) is 0 Å². The number of benzene rings is 1. The summed E-state index contributed by atoms with van der Waals surface area (Å²) in [5, 5.41) is 2.61. The number of carbonyl (C=O) groups is 2. The number of esters is 1. The van der Waals surface area contributed by atoms with Crippen LogP contribution in [0.5, 0.6) is 0 Å². The van der Waals surface area contributed by atoms with Crippen LogP contribution in [0.1, 0.15) is 40.2 Å². The zero-order chi connectivity index (χ0) is 18.2. The number of alkyl carbamates (subject to hydrolysis) is 1. The molecule has 1 amide bonds. The summed E-state index contributed by atoms with van der Waals surface area (Å²) in [5.74, 6) is -0.695. The van der Waals surface area contributed by atoms with Crippen molar-refractivity contribution in [2.45, 2.75) is 52.9 Å². The van der Waals surface area contributed by atoms with Crippen molar-refractivity contribution in [3.05, 3.63) is 48.0 Å². The molecule has 0 aliphatic heterocycles. The van der Waals surface area contributed by atoms with Gasteiger partial charge in [0.05, 0.1) is 0 Å². The Balaban J connectivity index is 2.69. The maximum absolute atomic E-state index is 12.4. The highest BCUT2D eigenvalue weighted by atomic mass is 16.6. The van der Waals surface area contributed by atoms with E-state index in [0.717, 1.165) is 5.56 Å². The summed E-state index contributed by atoms with van der Waals surface area (Å²) in [5.41, 5.74) is 0.253. The normalized spacial score (nSPS) is 14.0. The maximum Gasteiger partial charge on any atom is 0.408 e. The fourth-order valence-electron chi connectivity index (χ4n) is 2.08. The van der Waals surface area contributed by atoms with Gasteiger partial charge in [0.25, 0.3) is 0 Å². The molecule has 0 aromatic heterocycles. The molecular weight excluding hydrogens is 306 g/mol. The van der Waals surface area contributed by atoms with Crippen molar-refractivity contribution in [2.75, 3.05) is 0 Å². The molecule has 0 spiro atoms. The fourth-order valence-corrected chi connectivity index (χ4v) is 2.08. The van der Waals surface area contributed by atoms with Gasteiger partial charge in [-0.25, -0.2) is 9.59 Å². The minimum absolute atomic E-state index is 0.145. The van der Waals surface area contributed by atoms with Gasteiger partial charge >= 0.3 is 12.1 Å². The van der Waals surface area contributed by atoms with Gasteiger partial charge in [-0.05, 0) is 33.3 Å². The molecule has 0 saturated carbocycles. The van der Waals surface area contributed by atoms with Gasteiger partial charge < -0.3 is 14.8 Å². The minimum Gasteiger partial charge on any atom is -0.458 e. The molecule has 0 fully saturated rings. The van der Waals surface area contributed by atoms with Crippen molar-refractivity contribution in [2.24, 2.45) is 5.92 Å². The summed E-state index contributed by atoms with van der Waals surface area (Å²) in [7, 11) is 0. The standard InChI is InChI=1S/C19H27NO4/c1-6-10-14(2)16(17(21)24-19(3,4)5)20-18(22)23-13-15-11-8-7-9-12-15/h6-12,14,16H,13H2,1-5H3,(H,20,22)/b10-6+/t14-,16-/m0/s1. The predicted octanol–water partition coefficient (Wildman–Crippen LogP) is 3.84. The Morgan fingerprint density at radius 3 is 2.38 bits per heavy atom. The van der Waals surface area contributed by atoms with E-state index in [4.69, 9.17) is 9.47 Å². The Bertz CT molecular complexity index is 560. The first-order valence-electron chi connectivity index (χ1n) is 8.06. The molecule has 5 heteroatoms. The van der Waals surface area contributed by atoms with Crippen molar-refractivity contribution in [3.8, 4) is 0 Å². The van der Waals surface area contributed by atoms with E-state index < -0.39 is 23.7 Å². The summed E-state index contributed by atoms with van der Waals surface area (Å²) >= 11 is 0. The topological polar surface area (TPSA) is 64.6 Å². The Hall–Kier alpha value is -2.30. The van der Waals surface area contributed by atoms with Gasteiger partial charge in [-0.2, -0.15) is 0 Å². The summed E-state index contributed by atoms with van der Waals surface area (Å²) in [4.78, 5) is 24.4. The van der Waals surface area contributed by atoms with E-state index in [-0.39, 0.29) is 12.5 Å². The zero-order valence-electron chi connectivity index (χ0n) is 15.0. The highest BCUT2D eigenvalue weighted by Gasteiger charge is 2.30. The highest BCUT2D eigenvalue weighted by molar-refractivity contribution is 5.82. The Morgan fingerprint density at radius 1 is 1.21 bits per heavy atom. The van der Waals surface area contributed by atoms with Crippen LogP contribution >= 0.6 is 0 Å². The summed E-state index contributed by atoms with van der Waals surface area (Å²) < 4.78 is 10.6. The van der Waals surface area contributed by atoms with Gasteiger partial charge in [-0.1, -0.05) is 49.4 Å². The fraction of sp³-hybridized carbons (Fsp3) is 0.474. The lowest BCUT2D eigenvalue weighted by atomic mass is 10.0. The molecule has 0 saturated heterocycles. The number of allylic oxidation sites excluding steroid dienone is 1. The lowest BCUT2D eigenvalue weighted by Gasteiger charge is -2.26. The first kappa shape index (κ1) is 19.7. The van der Waals surface area contributed by atoms with Crippen LogP contribution in [-0.2, 0) is 20.9 Å². The van der Waals surface area contributed by atoms with E-state index in [2.05, 4.69) is 5.32 Å². The molecule has 0 aliphatic rings. The smallest absolute Gasteiger partial charge is 0.408 e. The number of amides is 1. The van der Waals surface area contributed by atoms with Crippen molar-refractivity contribution in [3.63, 3.8) is 0 Å². The van der Waals surface area contributed by atoms with Crippen LogP contribution in [0.25, 0.3) is 0 Å². The van der Waals surface area contributed by atoms with Crippen molar-refractivity contribution < 1.29 is 19.1 Å². The average molecular weight is 333 g/mol. The van der Waals surface area contributed by atoms with Crippen molar-refractivity contribution in [1.82, 2.24) is 5.32 Å². The van der Waals surface area contributed by atoms with Crippen LogP contribution in [0, 0.1) is 5.92 Å². The van der Waals surface area contributed by atoms with Crippen LogP contribution in [-0.4, -0.2) is 23.7 Å². The van der Waals surface area contributed by atoms with Gasteiger partial charge in [0.2, 0.25) is 0 Å². The second-order valence-corrected chi connectivity index (χ2v) is 6.60. The molecular formula is C19H27NO4. The Morgan fingerprint density at radius 2 is 1.83 bits per heavy atom. The molecule has 5 nitrogen and oxygen atoms in total. The van der Waals surface area contributed by atoms with E-state index in [0.29, 0.717) is 0 Å². The SMILES string of the molecule is C/C=C/[C@H](C)[C@H](NC(=O)OCc1ccccc1)C(=O)OC(C)(C)C. The van der Waals surface area contributed by atoms with Crippen LogP contribution in [0.4, 0.5) is 4.79 Å². The predicted molar refractivity (Wildman–Crippen MR) is 93.4 cm³/mol. The van der Waals surface area contributed by atoms with Gasteiger partial charge in [-0.15, -0.1) is 0 Å². The number of carbonyl (C=O) groups excluding carboxylic acids is 2. The third-order valence-electron chi connectivity index (χ3n) is 3.17. The summed E-state index contributed by atoms with van der Waals surface area (Å²) in [6.45, 7) is 9.20. The summed E-state index contributed by atoms with van der Waals surface area (Å²) in [6.07, 6.45) is 3.02. The number of hydrogen-bond acceptors (Lipinski definition) is 4. The van der Waals surface area contributed by atoms with Crippen LogP contribution in [0.2, 0.25) is 0 Å². The average Bonchev–Trinajstić information content (AvgIpc) is 2.50. The molecule has 1 N–H and O–H groups in total. The zero-order valence-corrected chi connectivity index (χ0v) is 15.0. The van der Waals surface area contributed by atoms with E-state index in [9.17, 15) is 9.59 Å². The van der Waals surface area contributed by atoms with Gasteiger partial charge in [-0.3, -0.25) is 0 Å². The quantitative estimate of drug-likeness (QED) is 0.634. The third kappa shape index (κ3) is 7.31. The molecule has 24 heavy (non-hydrogen) atoms. The second kappa shape index (κ2) is 9.11. The highest BCUT2D eigenvalue weighted by Crippen LogP contribution is 2.14. The van der Waals surface area contributed by atoms with Crippen LogP contribution in [0.3, 0.4) is 0 Å². The molecule has 0 radical (unpaired) electrons. The van der Waals surface area contributed by atoms with E-state index in [1.807, 2.05) is 56.3 Å². The summed E-state index contributed by atoms with van der Waals surface area (Å²) in [6, 6.07) is 8.55. The molecule has 1 aromatic rings. The maximum atomic E-state index is 12.4. The van der Waals surface area contributed by atoms with Gasteiger partial charge in [0.1, 0.15) is 18.2 Å². The molecule has 1 rings (SSSR count). The molecule has 132 valence electrons. The first-order valence-corrected chi connectivity index (χ1v) is 8.06. The monoisotopic (exact) mass is 333 g/mol.